The Bertz CT molecular complexity index is 622. The molecule has 21 heavy (non-hydrogen) atoms. The van der Waals surface area contributed by atoms with Crippen molar-refractivity contribution in [1.29, 1.82) is 0 Å². The number of hydrogen-bond acceptors (Lipinski definition) is 3. The molecule has 1 aromatic carbocycles. The zero-order chi connectivity index (χ0) is 15.6. The molecule has 0 spiro atoms. The van der Waals surface area contributed by atoms with E-state index < -0.39 is 12.4 Å². The Morgan fingerprint density at radius 3 is 2.43 bits per heavy atom. The number of aromatic nitrogens is 2. The number of nitrogens with zero attached hydrogens (tertiary/aromatic N) is 2. The van der Waals surface area contributed by atoms with Gasteiger partial charge in [-0.05, 0) is 20.0 Å². The van der Waals surface area contributed by atoms with Crippen LogP contribution in [0.1, 0.15) is 22.9 Å². The van der Waals surface area contributed by atoms with Gasteiger partial charge in [0.2, 0.25) is 0 Å². The van der Waals surface area contributed by atoms with Crippen LogP contribution in [-0.4, -0.2) is 23.2 Å². The van der Waals surface area contributed by atoms with Gasteiger partial charge < -0.3 is 10.1 Å². The van der Waals surface area contributed by atoms with Crippen LogP contribution in [0.4, 0.5) is 13.2 Å². The molecule has 0 amide bonds. The third-order valence-corrected chi connectivity index (χ3v) is 3.11. The minimum atomic E-state index is -4.72. The number of rotatable bonds is 4. The second kappa shape index (κ2) is 5.77. The van der Waals surface area contributed by atoms with E-state index in [4.69, 9.17) is 0 Å². The molecule has 7 heteroatoms. The van der Waals surface area contributed by atoms with Crippen LogP contribution in [0.25, 0.3) is 0 Å². The molecule has 1 N–H and O–H groups in total. The first-order valence-electron chi connectivity index (χ1n) is 6.34. The topological polar surface area (TPSA) is 39.1 Å². The highest BCUT2D eigenvalue weighted by Gasteiger charge is 2.33. The van der Waals surface area contributed by atoms with Crippen molar-refractivity contribution in [2.75, 3.05) is 7.05 Å². The van der Waals surface area contributed by atoms with E-state index >= 15 is 0 Å². The first-order chi connectivity index (χ1) is 9.81. The van der Waals surface area contributed by atoms with E-state index in [0.717, 1.165) is 11.3 Å². The second-order valence-corrected chi connectivity index (χ2v) is 4.65. The van der Waals surface area contributed by atoms with E-state index in [2.05, 4.69) is 15.2 Å². The molecule has 1 aromatic heterocycles. The maximum absolute atomic E-state index is 12.5. The van der Waals surface area contributed by atoms with E-state index in [0.29, 0.717) is 5.56 Å². The van der Waals surface area contributed by atoms with Crippen molar-refractivity contribution in [2.24, 2.45) is 7.05 Å². The maximum Gasteiger partial charge on any atom is 0.573 e. The van der Waals surface area contributed by atoms with Crippen LogP contribution in [0.2, 0.25) is 0 Å². The van der Waals surface area contributed by atoms with Gasteiger partial charge in [0, 0.05) is 24.4 Å². The van der Waals surface area contributed by atoms with E-state index in [-0.39, 0.29) is 5.75 Å². The molecule has 2 aromatic rings. The van der Waals surface area contributed by atoms with Crippen molar-refractivity contribution in [3.63, 3.8) is 0 Å². The van der Waals surface area contributed by atoms with Crippen molar-refractivity contribution in [2.45, 2.75) is 19.3 Å². The number of halogens is 3. The van der Waals surface area contributed by atoms with Gasteiger partial charge >= 0.3 is 6.36 Å². The summed E-state index contributed by atoms with van der Waals surface area (Å²) in [6.07, 6.45) is -2.95. The molecule has 114 valence electrons. The highest BCUT2D eigenvalue weighted by atomic mass is 19.4. The standard InChI is InChI=1S/C14H16F3N3O/c1-9-11(8-20(3)19-9)13(18-2)10-6-4-5-7-12(10)21-14(15,16)17/h4-8,13,18H,1-3H3. The van der Waals surface area contributed by atoms with Crippen LogP contribution in [0.15, 0.2) is 30.5 Å². The SMILES string of the molecule is CNC(c1ccccc1OC(F)(F)F)c1cn(C)nc1C. The molecule has 0 fully saturated rings. The number of para-hydroxylation sites is 1. The van der Waals surface area contributed by atoms with Gasteiger partial charge in [-0.1, -0.05) is 18.2 Å². The monoisotopic (exact) mass is 299 g/mol. The normalized spacial score (nSPS) is 13.2. The molecule has 0 aliphatic carbocycles. The largest absolute Gasteiger partial charge is 0.573 e. The summed E-state index contributed by atoms with van der Waals surface area (Å²) in [5.74, 6) is -0.215. The fraction of sp³-hybridized carbons (Fsp3) is 0.357. The first kappa shape index (κ1) is 15.4. The van der Waals surface area contributed by atoms with Crippen LogP contribution >= 0.6 is 0 Å². The van der Waals surface area contributed by atoms with Gasteiger partial charge in [-0.25, -0.2) is 0 Å². The smallest absolute Gasteiger partial charge is 0.405 e. The average Bonchev–Trinajstić information content (AvgIpc) is 2.70. The van der Waals surface area contributed by atoms with Gasteiger partial charge in [0.25, 0.3) is 0 Å². The van der Waals surface area contributed by atoms with Crippen LogP contribution in [0.5, 0.6) is 5.75 Å². The molecule has 0 aliphatic rings. The molecule has 1 heterocycles. The lowest BCUT2D eigenvalue weighted by molar-refractivity contribution is -0.275. The predicted octanol–water partition coefficient (Wildman–Crippen LogP) is 2.94. The quantitative estimate of drug-likeness (QED) is 0.943. The Labute approximate surface area is 120 Å². The second-order valence-electron chi connectivity index (χ2n) is 4.65. The Morgan fingerprint density at radius 1 is 1.24 bits per heavy atom. The molecule has 1 atom stereocenters. The van der Waals surface area contributed by atoms with E-state index in [1.807, 2.05) is 6.92 Å². The lowest BCUT2D eigenvalue weighted by atomic mass is 9.98. The van der Waals surface area contributed by atoms with E-state index in [1.54, 1.807) is 37.1 Å². The molecule has 4 nitrogen and oxygen atoms in total. The summed E-state index contributed by atoms with van der Waals surface area (Å²) < 4.78 is 43.3. The van der Waals surface area contributed by atoms with Crippen molar-refractivity contribution in [3.8, 4) is 5.75 Å². The predicted molar refractivity (Wildman–Crippen MR) is 72.0 cm³/mol. The third-order valence-electron chi connectivity index (χ3n) is 3.11. The van der Waals surface area contributed by atoms with Gasteiger partial charge in [-0.15, -0.1) is 13.2 Å². The molecule has 2 rings (SSSR count). The molecule has 0 bridgehead atoms. The lowest BCUT2D eigenvalue weighted by Gasteiger charge is -2.20. The van der Waals surface area contributed by atoms with Crippen LogP contribution in [-0.2, 0) is 7.05 Å². The summed E-state index contributed by atoms with van der Waals surface area (Å²) >= 11 is 0. The van der Waals surface area contributed by atoms with Crippen molar-refractivity contribution in [1.82, 2.24) is 15.1 Å². The highest BCUT2D eigenvalue weighted by molar-refractivity contribution is 5.42. The Morgan fingerprint density at radius 2 is 1.90 bits per heavy atom. The minimum absolute atomic E-state index is 0.215. The Hall–Kier alpha value is -2.02. The number of aryl methyl sites for hydroxylation is 2. The van der Waals surface area contributed by atoms with Gasteiger partial charge in [0.15, 0.2) is 0 Å². The fourth-order valence-corrected chi connectivity index (χ4v) is 2.32. The molecule has 0 saturated heterocycles. The van der Waals surface area contributed by atoms with Gasteiger partial charge in [0.05, 0.1) is 11.7 Å². The van der Waals surface area contributed by atoms with E-state index in [1.165, 1.54) is 12.1 Å². The summed E-state index contributed by atoms with van der Waals surface area (Å²) in [6.45, 7) is 1.81. The Kier molecular flexibility index (Phi) is 4.22. The van der Waals surface area contributed by atoms with Crippen molar-refractivity contribution in [3.05, 3.63) is 47.3 Å². The molecule has 0 saturated carbocycles. The molecular weight excluding hydrogens is 283 g/mol. The fourth-order valence-electron chi connectivity index (χ4n) is 2.32. The van der Waals surface area contributed by atoms with Gasteiger partial charge in [0.1, 0.15) is 5.75 Å². The van der Waals surface area contributed by atoms with Crippen LogP contribution in [0.3, 0.4) is 0 Å². The average molecular weight is 299 g/mol. The zero-order valence-electron chi connectivity index (χ0n) is 11.9. The zero-order valence-corrected chi connectivity index (χ0v) is 11.9. The van der Waals surface area contributed by atoms with Crippen LogP contribution < -0.4 is 10.1 Å². The molecule has 0 radical (unpaired) electrons. The Balaban J connectivity index is 2.46. The molecule has 0 aliphatic heterocycles. The minimum Gasteiger partial charge on any atom is -0.405 e. The number of nitrogens with one attached hydrogen (secondary N) is 1. The van der Waals surface area contributed by atoms with Crippen LogP contribution in [0, 0.1) is 6.92 Å². The summed E-state index contributed by atoms with van der Waals surface area (Å²) in [5, 5.41) is 7.24. The van der Waals surface area contributed by atoms with Crippen molar-refractivity contribution < 1.29 is 17.9 Å². The lowest BCUT2D eigenvalue weighted by Crippen LogP contribution is -2.22. The van der Waals surface area contributed by atoms with E-state index in [9.17, 15) is 13.2 Å². The summed E-state index contributed by atoms with van der Waals surface area (Å²) in [4.78, 5) is 0. The molecular formula is C14H16F3N3O. The summed E-state index contributed by atoms with van der Waals surface area (Å²) in [6, 6.07) is 5.66. The van der Waals surface area contributed by atoms with Crippen molar-refractivity contribution >= 4 is 0 Å². The summed E-state index contributed by atoms with van der Waals surface area (Å²) in [5.41, 5.74) is 1.96. The maximum atomic E-state index is 12.5. The first-order valence-corrected chi connectivity index (χ1v) is 6.34. The highest BCUT2D eigenvalue weighted by Crippen LogP contribution is 2.34. The van der Waals surface area contributed by atoms with Gasteiger partial charge in [-0.2, -0.15) is 5.10 Å². The number of hydrogen-bond donors (Lipinski definition) is 1. The summed E-state index contributed by atoms with van der Waals surface area (Å²) in [7, 11) is 3.45. The third kappa shape index (κ3) is 3.55. The molecule has 1 unspecified atom stereocenters. The number of alkyl halides is 3. The van der Waals surface area contributed by atoms with Gasteiger partial charge in [-0.3, -0.25) is 4.68 Å². The number of benzene rings is 1. The number of ether oxygens (including phenoxy) is 1.